The maximum absolute atomic E-state index is 12.1. The van der Waals surface area contributed by atoms with E-state index in [9.17, 15) is 4.79 Å². The number of furan rings is 1. The molecule has 0 atom stereocenters. The Kier molecular flexibility index (Phi) is 4.93. The van der Waals surface area contributed by atoms with Crippen LogP contribution in [-0.4, -0.2) is 23.7 Å². The van der Waals surface area contributed by atoms with Crippen LogP contribution in [0.1, 0.15) is 11.1 Å². The van der Waals surface area contributed by atoms with Gasteiger partial charge in [0, 0.05) is 22.8 Å². The van der Waals surface area contributed by atoms with Crippen molar-refractivity contribution in [2.24, 2.45) is 5.10 Å². The number of aromatic amines is 1. The minimum atomic E-state index is -0.335. The van der Waals surface area contributed by atoms with E-state index in [1.807, 2.05) is 61.7 Å². The van der Waals surface area contributed by atoms with Crippen molar-refractivity contribution < 1.29 is 13.9 Å². The zero-order chi connectivity index (χ0) is 19.3. The molecule has 4 rings (SSSR count). The normalized spacial score (nSPS) is 11.2. The Hall–Kier alpha value is -3.80. The van der Waals surface area contributed by atoms with Gasteiger partial charge in [-0.25, -0.2) is 5.43 Å². The number of aromatic nitrogens is 1. The van der Waals surface area contributed by atoms with Crippen LogP contribution in [0, 0.1) is 6.92 Å². The van der Waals surface area contributed by atoms with Crippen LogP contribution in [0.15, 0.2) is 76.8 Å². The van der Waals surface area contributed by atoms with Crippen molar-refractivity contribution in [3.8, 4) is 16.9 Å². The molecule has 2 aromatic heterocycles. The van der Waals surface area contributed by atoms with Crippen LogP contribution in [0.25, 0.3) is 22.0 Å². The summed E-state index contributed by atoms with van der Waals surface area (Å²) in [6, 6.07) is 15.6. The number of hydrogen-bond donors (Lipinski definition) is 2. The average molecular weight is 373 g/mol. The number of hydrazone groups is 1. The molecule has 2 aromatic carbocycles. The first-order valence-corrected chi connectivity index (χ1v) is 8.85. The van der Waals surface area contributed by atoms with Gasteiger partial charge in [-0.15, -0.1) is 0 Å². The smallest absolute Gasteiger partial charge is 0.277 e. The summed E-state index contributed by atoms with van der Waals surface area (Å²) < 4.78 is 10.9. The molecule has 140 valence electrons. The molecule has 0 spiro atoms. The Morgan fingerprint density at radius 3 is 3.04 bits per heavy atom. The zero-order valence-corrected chi connectivity index (χ0v) is 15.3. The molecule has 0 bridgehead atoms. The third kappa shape index (κ3) is 3.81. The number of carbonyl (C=O) groups excluding carboxylic acids is 1. The molecular weight excluding hydrogens is 354 g/mol. The molecule has 2 N–H and O–H groups in total. The van der Waals surface area contributed by atoms with Gasteiger partial charge in [-0.05, 0) is 41.6 Å². The van der Waals surface area contributed by atoms with Gasteiger partial charge in [0.1, 0.15) is 5.75 Å². The molecule has 0 fully saturated rings. The van der Waals surface area contributed by atoms with Crippen molar-refractivity contribution in [2.45, 2.75) is 6.92 Å². The predicted molar refractivity (Wildman–Crippen MR) is 108 cm³/mol. The van der Waals surface area contributed by atoms with Gasteiger partial charge in [-0.3, -0.25) is 4.79 Å². The third-order valence-corrected chi connectivity index (χ3v) is 4.37. The second-order valence-electron chi connectivity index (χ2n) is 6.37. The lowest BCUT2D eigenvalue weighted by Crippen LogP contribution is -2.24. The van der Waals surface area contributed by atoms with Crippen molar-refractivity contribution in [2.75, 3.05) is 6.61 Å². The number of carbonyl (C=O) groups is 1. The van der Waals surface area contributed by atoms with Crippen molar-refractivity contribution in [1.29, 1.82) is 0 Å². The van der Waals surface area contributed by atoms with Gasteiger partial charge >= 0.3 is 0 Å². The van der Waals surface area contributed by atoms with Crippen LogP contribution in [0.3, 0.4) is 0 Å². The van der Waals surface area contributed by atoms with E-state index < -0.39 is 0 Å². The second kappa shape index (κ2) is 7.84. The lowest BCUT2D eigenvalue weighted by Gasteiger charge is -2.12. The monoisotopic (exact) mass is 373 g/mol. The Labute approximate surface area is 161 Å². The van der Waals surface area contributed by atoms with Crippen LogP contribution >= 0.6 is 0 Å². The number of H-pyrrole nitrogens is 1. The largest absolute Gasteiger partial charge is 0.483 e. The van der Waals surface area contributed by atoms with E-state index in [4.69, 9.17) is 9.15 Å². The number of hydrogen-bond acceptors (Lipinski definition) is 4. The molecule has 2 heterocycles. The zero-order valence-electron chi connectivity index (χ0n) is 15.3. The standard InChI is InChI=1S/C22H19N3O3/c1-15-3-2-4-19(18-8-10-27-13-18)22(15)28-14-21(26)25-24-12-16-5-6-17-7-9-23-20(17)11-16/h2-13,23H,14H2,1H3,(H,25,26). The van der Waals surface area contributed by atoms with Gasteiger partial charge in [0.05, 0.1) is 18.7 Å². The summed E-state index contributed by atoms with van der Waals surface area (Å²) in [7, 11) is 0. The number of rotatable bonds is 6. The highest BCUT2D eigenvalue weighted by Gasteiger charge is 2.12. The van der Waals surface area contributed by atoms with Gasteiger partial charge in [0.15, 0.2) is 6.61 Å². The summed E-state index contributed by atoms with van der Waals surface area (Å²) in [6.07, 6.45) is 6.73. The highest BCUT2D eigenvalue weighted by Crippen LogP contribution is 2.33. The number of nitrogens with zero attached hydrogens (tertiary/aromatic N) is 1. The third-order valence-electron chi connectivity index (χ3n) is 4.37. The number of fused-ring (bicyclic) bond motifs is 1. The minimum Gasteiger partial charge on any atom is -0.483 e. The van der Waals surface area contributed by atoms with Crippen molar-refractivity contribution >= 4 is 23.0 Å². The number of aryl methyl sites for hydroxylation is 1. The lowest BCUT2D eigenvalue weighted by atomic mass is 10.0. The fourth-order valence-corrected chi connectivity index (χ4v) is 2.98. The van der Waals surface area contributed by atoms with E-state index in [1.54, 1.807) is 18.7 Å². The molecule has 0 saturated carbocycles. The summed E-state index contributed by atoms with van der Waals surface area (Å²) in [5.74, 6) is 0.318. The number of nitrogens with one attached hydrogen (secondary N) is 2. The molecule has 0 unspecified atom stereocenters. The summed E-state index contributed by atoms with van der Waals surface area (Å²) in [5, 5.41) is 5.13. The first-order valence-electron chi connectivity index (χ1n) is 8.85. The van der Waals surface area contributed by atoms with Crippen LogP contribution in [0.4, 0.5) is 0 Å². The first kappa shape index (κ1) is 17.6. The molecule has 0 aliphatic heterocycles. The second-order valence-corrected chi connectivity index (χ2v) is 6.37. The fourth-order valence-electron chi connectivity index (χ4n) is 2.98. The Bertz CT molecular complexity index is 1130. The van der Waals surface area contributed by atoms with Crippen LogP contribution in [0.5, 0.6) is 5.75 Å². The number of ether oxygens (including phenoxy) is 1. The predicted octanol–water partition coefficient (Wildman–Crippen LogP) is 4.27. The van der Waals surface area contributed by atoms with E-state index in [2.05, 4.69) is 15.5 Å². The molecule has 0 radical (unpaired) electrons. The van der Waals surface area contributed by atoms with E-state index in [0.29, 0.717) is 5.75 Å². The van der Waals surface area contributed by atoms with Crippen LogP contribution < -0.4 is 10.2 Å². The number of benzene rings is 2. The molecule has 0 aliphatic rings. The highest BCUT2D eigenvalue weighted by molar-refractivity contribution is 5.89. The lowest BCUT2D eigenvalue weighted by molar-refractivity contribution is -0.123. The molecule has 28 heavy (non-hydrogen) atoms. The van der Waals surface area contributed by atoms with Gasteiger partial charge in [-0.2, -0.15) is 5.10 Å². The molecule has 4 aromatic rings. The van der Waals surface area contributed by atoms with Crippen LogP contribution in [-0.2, 0) is 4.79 Å². The first-order chi connectivity index (χ1) is 13.7. The Morgan fingerprint density at radius 1 is 1.25 bits per heavy atom. The van der Waals surface area contributed by atoms with Crippen LogP contribution in [0.2, 0.25) is 0 Å². The highest BCUT2D eigenvalue weighted by atomic mass is 16.5. The molecule has 1 amide bonds. The van der Waals surface area contributed by atoms with E-state index in [0.717, 1.165) is 33.2 Å². The topological polar surface area (TPSA) is 79.6 Å². The van der Waals surface area contributed by atoms with Crippen molar-refractivity contribution in [1.82, 2.24) is 10.4 Å². The summed E-state index contributed by atoms with van der Waals surface area (Å²) >= 11 is 0. The van der Waals surface area contributed by atoms with E-state index in [-0.39, 0.29) is 12.5 Å². The van der Waals surface area contributed by atoms with Crippen molar-refractivity contribution in [3.05, 3.63) is 78.4 Å². The average Bonchev–Trinajstić information content (AvgIpc) is 3.38. The Morgan fingerprint density at radius 2 is 2.18 bits per heavy atom. The molecule has 6 heteroatoms. The van der Waals surface area contributed by atoms with E-state index >= 15 is 0 Å². The van der Waals surface area contributed by atoms with Crippen molar-refractivity contribution in [3.63, 3.8) is 0 Å². The molecular formula is C22H19N3O3. The molecule has 6 nitrogen and oxygen atoms in total. The SMILES string of the molecule is Cc1cccc(-c2ccoc2)c1OCC(=O)NN=Cc1ccc2cc[nH]c2c1. The minimum absolute atomic E-state index is 0.136. The summed E-state index contributed by atoms with van der Waals surface area (Å²) in [5.41, 5.74) is 7.12. The fraction of sp³-hybridized carbons (Fsp3) is 0.0909. The maximum Gasteiger partial charge on any atom is 0.277 e. The molecule has 0 aliphatic carbocycles. The quantitative estimate of drug-likeness (QED) is 0.391. The van der Waals surface area contributed by atoms with Gasteiger partial charge < -0.3 is 14.1 Å². The van der Waals surface area contributed by atoms with E-state index in [1.165, 1.54) is 0 Å². The summed E-state index contributed by atoms with van der Waals surface area (Å²) in [6.45, 7) is 1.80. The van der Waals surface area contributed by atoms with Gasteiger partial charge in [0.2, 0.25) is 0 Å². The maximum atomic E-state index is 12.1. The Balaban J connectivity index is 1.38. The summed E-state index contributed by atoms with van der Waals surface area (Å²) in [4.78, 5) is 15.3. The number of para-hydroxylation sites is 1. The van der Waals surface area contributed by atoms with Gasteiger partial charge in [0.25, 0.3) is 5.91 Å². The molecule has 0 saturated heterocycles. The number of amides is 1. The van der Waals surface area contributed by atoms with Gasteiger partial charge in [-0.1, -0.05) is 30.3 Å².